The van der Waals surface area contributed by atoms with Crippen LogP contribution in [0.25, 0.3) is 10.9 Å². The number of hydrogen-bond donors (Lipinski definition) is 0. The van der Waals surface area contributed by atoms with Crippen LogP contribution in [-0.2, 0) is 11.3 Å². The van der Waals surface area contributed by atoms with Gasteiger partial charge in [-0.15, -0.1) is 0 Å². The van der Waals surface area contributed by atoms with Crippen molar-refractivity contribution >= 4 is 38.8 Å². The van der Waals surface area contributed by atoms with E-state index >= 15 is 0 Å². The predicted molar refractivity (Wildman–Crippen MR) is 109 cm³/mol. The lowest BCUT2D eigenvalue weighted by Gasteiger charge is -2.35. The molecule has 0 unspecified atom stereocenters. The van der Waals surface area contributed by atoms with Crippen LogP contribution in [0.2, 0.25) is 0 Å². The molecular formula is C20H23BrF3N3O3. The molecule has 1 fully saturated rings. The number of amides is 2. The maximum absolute atomic E-state index is 13.1. The number of hydrogen-bond acceptors (Lipinski definition) is 3. The number of benzene rings is 1. The minimum absolute atomic E-state index is 0.215. The first-order valence-electron chi connectivity index (χ1n) is 9.46. The highest BCUT2D eigenvalue weighted by Gasteiger charge is 2.32. The Morgan fingerprint density at radius 1 is 1.07 bits per heavy atom. The van der Waals surface area contributed by atoms with Crippen molar-refractivity contribution in [2.75, 3.05) is 26.2 Å². The van der Waals surface area contributed by atoms with Crippen LogP contribution < -0.4 is 0 Å². The Morgan fingerprint density at radius 2 is 1.67 bits per heavy atom. The molecule has 1 aromatic heterocycles. The number of halogens is 4. The standard InChI is InChI=1S/C20H23BrF3N3O3/c1-19(2,3)30-18(29)26-8-6-25(7-9-26)17(28)15-11-27(12-20(22,23)24)16-10-13(21)4-5-14(15)16/h4-5,10-11H,6-9,12H2,1-3H3. The number of piperazine rings is 1. The number of fused-ring (bicyclic) bond motifs is 1. The highest BCUT2D eigenvalue weighted by Crippen LogP contribution is 2.29. The van der Waals surface area contributed by atoms with Crippen LogP contribution in [0.15, 0.2) is 28.9 Å². The maximum atomic E-state index is 13.1. The smallest absolute Gasteiger partial charge is 0.410 e. The molecule has 3 rings (SSSR count). The molecule has 0 bridgehead atoms. The molecule has 0 aliphatic carbocycles. The van der Waals surface area contributed by atoms with Crippen molar-refractivity contribution in [2.45, 2.75) is 39.1 Å². The van der Waals surface area contributed by atoms with Gasteiger partial charge >= 0.3 is 12.3 Å². The third kappa shape index (κ3) is 5.27. The summed E-state index contributed by atoms with van der Waals surface area (Å²) >= 11 is 3.27. The summed E-state index contributed by atoms with van der Waals surface area (Å²) in [5.74, 6) is -0.355. The summed E-state index contributed by atoms with van der Waals surface area (Å²) in [6.07, 6.45) is -3.60. The topological polar surface area (TPSA) is 54.8 Å². The van der Waals surface area contributed by atoms with Crippen molar-refractivity contribution in [1.29, 1.82) is 0 Å². The van der Waals surface area contributed by atoms with Gasteiger partial charge in [-0.2, -0.15) is 13.2 Å². The lowest BCUT2D eigenvalue weighted by atomic mass is 10.1. The van der Waals surface area contributed by atoms with E-state index in [-0.39, 0.29) is 24.6 Å². The first-order chi connectivity index (χ1) is 13.8. The summed E-state index contributed by atoms with van der Waals surface area (Å²) in [6, 6.07) is 4.90. The predicted octanol–water partition coefficient (Wildman–Crippen LogP) is 4.66. The van der Waals surface area contributed by atoms with Gasteiger partial charge in [-0.1, -0.05) is 22.0 Å². The van der Waals surface area contributed by atoms with E-state index < -0.39 is 24.4 Å². The lowest BCUT2D eigenvalue weighted by Crippen LogP contribution is -2.51. The quantitative estimate of drug-likeness (QED) is 0.616. The molecule has 0 spiro atoms. The first kappa shape index (κ1) is 22.5. The van der Waals surface area contributed by atoms with Crippen molar-refractivity contribution in [2.24, 2.45) is 0 Å². The molecule has 0 saturated carbocycles. The largest absolute Gasteiger partial charge is 0.444 e. The molecule has 2 heterocycles. The monoisotopic (exact) mass is 489 g/mol. The lowest BCUT2D eigenvalue weighted by molar-refractivity contribution is -0.139. The normalized spacial score (nSPS) is 15.6. The van der Waals surface area contributed by atoms with Gasteiger partial charge in [0.05, 0.1) is 11.1 Å². The van der Waals surface area contributed by atoms with E-state index in [1.165, 1.54) is 11.1 Å². The zero-order valence-corrected chi connectivity index (χ0v) is 18.5. The van der Waals surface area contributed by atoms with Gasteiger partial charge in [-0.25, -0.2) is 4.79 Å². The van der Waals surface area contributed by atoms with Crippen LogP contribution in [-0.4, -0.2) is 64.3 Å². The van der Waals surface area contributed by atoms with Gasteiger partial charge in [0.25, 0.3) is 5.91 Å². The molecule has 0 N–H and O–H groups in total. The molecule has 2 aromatic rings. The second kappa shape index (κ2) is 8.13. The van der Waals surface area contributed by atoms with Gasteiger partial charge in [0.2, 0.25) is 0 Å². The first-order valence-corrected chi connectivity index (χ1v) is 10.3. The van der Waals surface area contributed by atoms with Crippen LogP contribution in [0.4, 0.5) is 18.0 Å². The van der Waals surface area contributed by atoms with Crippen molar-refractivity contribution in [1.82, 2.24) is 14.4 Å². The Hall–Kier alpha value is -2.23. The van der Waals surface area contributed by atoms with E-state index in [9.17, 15) is 22.8 Å². The van der Waals surface area contributed by atoms with Crippen molar-refractivity contribution in [3.63, 3.8) is 0 Å². The molecule has 0 radical (unpaired) electrons. The van der Waals surface area contributed by atoms with Crippen LogP contribution in [0, 0.1) is 0 Å². The third-order valence-electron chi connectivity index (χ3n) is 4.64. The summed E-state index contributed by atoms with van der Waals surface area (Å²) in [4.78, 5) is 28.3. The molecule has 30 heavy (non-hydrogen) atoms. The summed E-state index contributed by atoms with van der Waals surface area (Å²) < 4.78 is 46.0. The van der Waals surface area contributed by atoms with Crippen LogP contribution in [0.5, 0.6) is 0 Å². The number of ether oxygens (including phenoxy) is 1. The Labute approximate surface area is 180 Å². The van der Waals surface area contributed by atoms with E-state index in [1.807, 2.05) is 0 Å². The van der Waals surface area contributed by atoms with Crippen LogP contribution >= 0.6 is 15.9 Å². The average molecular weight is 490 g/mol. The number of carbonyl (C=O) groups is 2. The van der Waals surface area contributed by atoms with Gasteiger partial charge in [-0.3, -0.25) is 4.79 Å². The summed E-state index contributed by atoms with van der Waals surface area (Å²) in [7, 11) is 0. The zero-order chi connectivity index (χ0) is 22.3. The summed E-state index contributed by atoms with van der Waals surface area (Å²) in [5, 5.41) is 0.460. The highest BCUT2D eigenvalue weighted by atomic mass is 79.9. The second-order valence-corrected chi connectivity index (χ2v) is 9.12. The molecule has 1 aliphatic rings. The number of carbonyl (C=O) groups excluding carboxylic acids is 2. The van der Waals surface area contributed by atoms with Crippen molar-refractivity contribution in [3.05, 3.63) is 34.4 Å². The average Bonchev–Trinajstić information content (AvgIpc) is 2.96. The maximum Gasteiger partial charge on any atom is 0.410 e. The molecule has 6 nitrogen and oxygen atoms in total. The van der Waals surface area contributed by atoms with Gasteiger partial charge in [0, 0.05) is 42.2 Å². The van der Waals surface area contributed by atoms with E-state index in [0.29, 0.717) is 28.5 Å². The molecule has 1 saturated heterocycles. The van der Waals surface area contributed by atoms with E-state index in [1.54, 1.807) is 43.9 Å². The molecular weight excluding hydrogens is 467 g/mol. The van der Waals surface area contributed by atoms with Gasteiger partial charge in [-0.05, 0) is 32.9 Å². The number of aromatic nitrogens is 1. The second-order valence-electron chi connectivity index (χ2n) is 8.21. The number of nitrogens with zero attached hydrogens (tertiary/aromatic N) is 3. The van der Waals surface area contributed by atoms with E-state index in [0.717, 1.165) is 4.57 Å². The fraction of sp³-hybridized carbons (Fsp3) is 0.500. The minimum Gasteiger partial charge on any atom is -0.444 e. The molecule has 1 aliphatic heterocycles. The fourth-order valence-electron chi connectivity index (χ4n) is 3.35. The summed E-state index contributed by atoms with van der Waals surface area (Å²) in [5.41, 5.74) is -0.0663. The molecule has 10 heteroatoms. The SMILES string of the molecule is CC(C)(C)OC(=O)N1CCN(C(=O)c2cn(CC(F)(F)F)c3cc(Br)ccc23)CC1. The Kier molecular flexibility index (Phi) is 6.08. The molecule has 164 valence electrons. The van der Waals surface area contributed by atoms with Crippen LogP contribution in [0.3, 0.4) is 0 Å². The molecule has 2 amide bonds. The van der Waals surface area contributed by atoms with E-state index in [2.05, 4.69) is 15.9 Å². The van der Waals surface area contributed by atoms with Gasteiger partial charge < -0.3 is 19.1 Å². The Morgan fingerprint density at radius 3 is 2.23 bits per heavy atom. The Bertz CT molecular complexity index is 958. The van der Waals surface area contributed by atoms with E-state index in [4.69, 9.17) is 4.74 Å². The fourth-order valence-corrected chi connectivity index (χ4v) is 3.70. The van der Waals surface area contributed by atoms with Crippen molar-refractivity contribution < 1.29 is 27.5 Å². The van der Waals surface area contributed by atoms with Gasteiger partial charge in [0.15, 0.2) is 0 Å². The van der Waals surface area contributed by atoms with Gasteiger partial charge in [0.1, 0.15) is 12.1 Å². The number of rotatable bonds is 2. The highest BCUT2D eigenvalue weighted by molar-refractivity contribution is 9.10. The van der Waals surface area contributed by atoms with Crippen LogP contribution in [0.1, 0.15) is 31.1 Å². The number of alkyl halides is 3. The van der Waals surface area contributed by atoms with Crippen molar-refractivity contribution in [3.8, 4) is 0 Å². The zero-order valence-electron chi connectivity index (χ0n) is 16.9. The Balaban J connectivity index is 1.79. The summed E-state index contributed by atoms with van der Waals surface area (Å²) in [6.45, 7) is 5.31. The molecule has 1 aromatic carbocycles. The minimum atomic E-state index is -4.41. The third-order valence-corrected chi connectivity index (χ3v) is 5.14. The molecule has 0 atom stereocenters.